The maximum Gasteiger partial charge on any atom is 0.435 e. The number of nitrogens with zero attached hydrogens (tertiary/aromatic N) is 2. The van der Waals surface area contributed by atoms with Crippen LogP contribution in [0, 0.1) is 5.92 Å². The van der Waals surface area contributed by atoms with Crippen molar-refractivity contribution < 1.29 is 41.0 Å². The van der Waals surface area contributed by atoms with Crippen molar-refractivity contribution in [3.63, 3.8) is 0 Å². The highest BCUT2D eigenvalue weighted by Gasteiger charge is 2.59. The number of ether oxygens (including phenoxy) is 1. The minimum absolute atomic E-state index is 0.00418. The Bertz CT molecular complexity index is 1050. The average molecular weight is 484 g/mol. The van der Waals surface area contributed by atoms with Crippen molar-refractivity contribution in [2.45, 2.75) is 43.0 Å². The molecule has 1 aromatic carbocycles. The molecule has 5 unspecified atom stereocenters. The van der Waals surface area contributed by atoms with Crippen molar-refractivity contribution in [3.8, 4) is 0 Å². The van der Waals surface area contributed by atoms with Gasteiger partial charge in [-0.3, -0.25) is 9.48 Å². The summed E-state index contributed by atoms with van der Waals surface area (Å²) in [6.07, 6.45) is -11.5. The van der Waals surface area contributed by atoms with Crippen LogP contribution < -0.4 is 5.32 Å². The number of amides is 1. The van der Waals surface area contributed by atoms with Crippen molar-refractivity contribution in [1.29, 1.82) is 0 Å². The molecule has 13 heteroatoms. The van der Waals surface area contributed by atoms with E-state index in [1.165, 1.54) is 7.05 Å². The largest absolute Gasteiger partial charge is 0.435 e. The van der Waals surface area contributed by atoms with E-state index in [0.717, 1.165) is 16.9 Å². The molecule has 0 spiro atoms. The Morgan fingerprint density at radius 2 is 1.91 bits per heavy atom. The van der Waals surface area contributed by atoms with E-state index in [4.69, 9.17) is 16.3 Å². The van der Waals surface area contributed by atoms with Gasteiger partial charge in [-0.1, -0.05) is 11.6 Å². The zero-order chi connectivity index (χ0) is 23.6. The number of halogens is 7. The Balaban J connectivity index is 1.69. The first kappa shape index (κ1) is 22.9. The van der Waals surface area contributed by atoms with E-state index in [1.54, 1.807) is 0 Å². The Kier molecular flexibility index (Phi) is 5.45. The van der Waals surface area contributed by atoms with E-state index in [2.05, 4.69) is 10.4 Å². The number of benzene rings is 1. The summed E-state index contributed by atoms with van der Waals surface area (Å²) >= 11 is 5.73. The van der Waals surface area contributed by atoms with Gasteiger partial charge in [0.15, 0.2) is 5.69 Å². The third-order valence-corrected chi connectivity index (χ3v) is 5.82. The normalized spacial score (nSPS) is 27.7. The first-order chi connectivity index (χ1) is 14.8. The molecule has 2 fully saturated rings. The van der Waals surface area contributed by atoms with Crippen LogP contribution in [0.5, 0.6) is 0 Å². The molecule has 2 aromatic rings. The lowest BCUT2D eigenvalue weighted by Gasteiger charge is -2.30. The first-order valence-corrected chi connectivity index (χ1v) is 9.76. The van der Waals surface area contributed by atoms with Gasteiger partial charge in [0.25, 0.3) is 0 Å². The molecule has 2 aliphatic heterocycles. The first-order valence-electron chi connectivity index (χ1n) is 9.38. The molecule has 1 amide bonds. The van der Waals surface area contributed by atoms with E-state index in [1.807, 2.05) is 0 Å². The monoisotopic (exact) mass is 483 g/mol. The number of alkyl halides is 6. The summed E-state index contributed by atoms with van der Waals surface area (Å²) in [4.78, 5) is 13.0. The summed E-state index contributed by atoms with van der Waals surface area (Å²) < 4.78 is 86.3. The number of aliphatic hydroxyl groups is 1. The number of aliphatic hydroxyl groups excluding tert-OH is 1. The molecule has 0 aliphatic carbocycles. The molecule has 6 nitrogen and oxygen atoms in total. The minimum Gasteiger partial charge on any atom is -0.390 e. The van der Waals surface area contributed by atoms with Gasteiger partial charge in [-0.25, -0.2) is 0 Å². The molecule has 5 atom stereocenters. The highest BCUT2D eigenvalue weighted by Crippen LogP contribution is 2.51. The number of aromatic nitrogens is 2. The third kappa shape index (κ3) is 4.06. The summed E-state index contributed by atoms with van der Waals surface area (Å²) in [5.74, 6) is -3.24. The number of nitrogens with one attached hydrogen (secondary N) is 1. The molecule has 2 aliphatic rings. The van der Waals surface area contributed by atoms with Gasteiger partial charge in [0, 0.05) is 41.9 Å². The van der Waals surface area contributed by atoms with Gasteiger partial charge in [0.05, 0.1) is 29.8 Å². The van der Waals surface area contributed by atoms with Gasteiger partial charge in [0.1, 0.15) is 0 Å². The minimum atomic E-state index is -4.82. The van der Waals surface area contributed by atoms with Crippen LogP contribution in [0.2, 0.25) is 5.02 Å². The predicted octanol–water partition coefficient (Wildman–Crippen LogP) is 3.98. The summed E-state index contributed by atoms with van der Waals surface area (Å²) in [5, 5.41) is 15.7. The van der Waals surface area contributed by atoms with Crippen molar-refractivity contribution >= 4 is 23.2 Å². The predicted molar refractivity (Wildman–Crippen MR) is 98.8 cm³/mol. The molecule has 1 aromatic heterocycles. The lowest BCUT2D eigenvalue weighted by Crippen LogP contribution is -2.41. The molecule has 32 heavy (non-hydrogen) atoms. The number of carbonyl (C=O) groups excluding carboxylic acids is 1. The second-order valence-electron chi connectivity index (χ2n) is 7.81. The fraction of sp³-hybridized carbons (Fsp3) is 0.474. The average Bonchev–Trinajstić information content (AvgIpc) is 3.31. The van der Waals surface area contributed by atoms with Crippen molar-refractivity contribution in [2.75, 3.05) is 5.32 Å². The number of anilines is 1. The molecule has 3 heterocycles. The fourth-order valence-electron chi connectivity index (χ4n) is 4.44. The van der Waals surface area contributed by atoms with Gasteiger partial charge in [-0.05, 0) is 18.2 Å². The van der Waals surface area contributed by atoms with Gasteiger partial charge in [-0.2, -0.15) is 31.4 Å². The standard InChI is InChI=1S/C19H16ClF6N3O3/c1-29-6-10(16(28-29)19(24,25)26)13-14(12-5-11(30)15(13)32-12)17(31)27-9-3-7(18(21,22)23)2-8(20)4-9/h2-4,6,11-15,30H,5H2,1H3,(H,27,31). The van der Waals surface area contributed by atoms with E-state index >= 15 is 0 Å². The summed E-state index contributed by atoms with van der Waals surface area (Å²) in [6.45, 7) is 0. The number of carbonyl (C=O) groups is 1. The van der Waals surface area contributed by atoms with Crippen LogP contribution in [0.3, 0.4) is 0 Å². The van der Waals surface area contributed by atoms with Gasteiger partial charge in [0.2, 0.25) is 5.91 Å². The quantitative estimate of drug-likeness (QED) is 0.648. The van der Waals surface area contributed by atoms with Crippen molar-refractivity contribution in [2.24, 2.45) is 13.0 Å². The number of aryl methyl sites for hydroxylation is 1. The molecule has 0 saturated carbocycles. The highest BCUT2D eigenvalue weighted by atomic mass is 35.5. The molecule has 2 N–H and O–H groups in total. The molecular weight excluding hydrogens is 468 g/mol. The SMILES string of the molecule is Cn1cc(C2C3OC(CC3O)C2C(=O)Nc2cc(Cl)cc(C(F)(F)F)c2)c(C(F)(F)F)n1. The third-order valence-electron chi connectivity index (χ3n) is 5.61. The zero-order valence-electron chi connectivity index (χ0n) is 16.2. The molecule has 0 radical (unpaired) electrons. The number of fused-ring (bicyclic) bond motifs is 2. The van der Waals surface area contributed by atoms with Crippen LogP contribution in [0.25, 0.3) is 0 Å². The second-order valence-corrected chi connectivity index (χ2v) is 8.25. The molecule has 4 rings (SSSR count). The molecular formula is C19H16ClF6N3O3. The maximum atomic E-state index is 13.5. The Hall–Kier alpha value is -2.31. The molecule has 174 valence electrons. The van der Waals surface area contributed by atoms with Crippen molar-refractivity contribution in [3.05, 3.63) is 46.2 Å². The van der Waals surface area contributed by atoms with Gasteiger partial charge >= 0.3 is 12.4 Å². The Labute approximate surface area is 182 Å². The zero-order valence-corrected chi connectivity index (χ0v) is 17.0. The van der Waals surface area contributed by atoms with Crippen LogP contribution in [-0.2, 0) is 28.9 Å². The van der Waals surface area contributed by atoms with Crippen LogP contribution >= 0.6 is 11.6 Å². The summed E-state index contributed by atoms with van der Waals surface area (Å²) in [5.41, 5.74) is -2.90. The highest BCUT2D eigenvalue weighted by molar-refractivity contribution is 6.31. The Morgan fingerprint density at radius 3 is 2.53 bits per heavy atom. The number of rotatable bonds is 3. The van der Waals surface area contributed by atoms with E-state index in [0.29, 0.717) is 12.1 Å². The van der Waals surface area contributed by atoms with Crippen LogP contribution in [-0.4, -0.2) is 39.1 Å². The van der Waals surface area contributed by atoms with Crippen LogP contribution in [0.15, 0.2) is 24.4 Å². The molecule has 2 saturated heterocycles. The van der Waals surface area contributed by atoms with Crippen LogP contribution in [0.4, 0.5) is 32.0 Å². The lowest BCUT2D eigenvalue weighted by atomic mass is 9.73. The maximum absolute atomic E-state index is 13.5. The van der Waals surface area contributed by atoms with E-state index in [-0.39, 0.29) is 22.7 Å². The van der Waals surface area contributed by atoms with Gasteiger partial charge < -0.3 is 15.2 Å². The Morgan fingerprint density at radius 1 is 1.22 bits per heavy atom. The smallest absolute Gasteiger partial charge is 0.390 e. The molecule has 2 bridgehead atoms. The van der Waals surface area contributed by atoms with Gasteiger partial charge in [-0.15, -0.1) is 0 Å². The lowest BCUT2D eigenvalue weighted by molar-refractivity contribution is -0.143. The fourth-order valence-corrected chi connectivity index (χ4v) is 4.67. The second kappa shape index (κ2) is 7.63. The summed E-state index contributed by atoms with van der Waals surface area (Å²) in [7, 11) is 1.28. The van der Waals surface area contributed by atoms with Crippen molar-refractivity contribution in [1.82, 2.24) is 9.78 Å². The summed E-state index contributed by atoms with van der Waals surface area (Å²) in [6, 6.07) is 2.45. The number of hydrogen-bond donors (Lipinski definition) is 2. The van der Waals surface area contributed by atoms with E-state index < -0.39 is 59.7 Å². The number of hydrogen-bond acceptors (Lipinski definition) is 4. The topological polar surface area (TPSA) is 76.4 Å². The van der Waals surface area contributed by atoms with Crippen LogP contribution in [0.1, 0.15) is 29.2 Å². The van der Waals surface area contributed by atoms with E-state index in [9.17, 15) is 36.2 Å².